The Morgan fingerprint density at radius 3 is 2.54 bits per heavy atom. The summed E-state index contributed by atoms with van der Waals surface area (Å²) in [5.41, 5.74) is 7.84. The summed E-state index contributed by atoms with van der Waals surface area (Å²) in [6.07, 6.45) is 4.40. The highest BCUT2D eigenvalue weighted by Crippen LogP contribution is 2.33. The first-order valence-electron chi connectivity index (χ1n) is 9.71. The fourth-order valence-electron chi connectivity index (χ4n) is 4.14. The monoisotopic (exact) mass is 348 g/mol. The molecule has 1 aliphatic carbocycles. The first-order valence-corrected chi connectivity index (χ1v) is 9.71. The molecule has 0 fully saturated rings. The highest BCUT2D eigenvalue weighted by Gasteiger charge is 2.21. The maximum absolute atomic E-state index is 10.7. The minimum absolute atomic E-state index is 0.417. The van der Waals surface area contributed by atoms with Gasteiger partial charge >= 0.3 is 0 Å². The van der Waals surface area contributed by atoms with Crippen molar-refractivity contribution < 1.29 is 5.11 Å². The molecule has 2 N–H and O–H groups in total. The lowest BCUT2D eigenvalue weighted by Gasteiger charge is -2.19. The Labute approximate surface area is 155 Å². The van der Waals surface area contributed by atoms with Crippen molar-refractivity contribution in [2.45, 2.75) is 52.2 Å². The van der Waals surface area contributed by atoms with Crippen molar-refractivity contribution in [1.29, 1.82) is 0 Å². The molecule has 1 atom stereocenters. The van der Waals surface area contributed by atoms with Gasteiger partial charge in [0.1, 0.15) is 0 Å². The average Bonchev–Trinajstić information content (AvgIpc) is 2.95. The number of hydrogen-bond acceptors (Lipinski definition) is 2. The van der Waals surface area contributed by atoms with E-state index >= 15 is 0 Å². The van der Waals surface area contributed by atoms with Crippen LogP contribution in [0.15, 0.2) is 42.5 Å². The van der Waals surface area contributed by atoms with E-state index in [1.165, 1.54) is 52.5 Å². The van der Waals surface area contributed by atoms with E-state index in [-0.39, 0.29) is 0 Å². The first kappa shape index (κ1) is 17.2. The van der Waals surface area contributed by atoms with E-state index < -0.39 is 6.10 Å². The number of nitrogens with zero attached hydrogens (tertiary/aromatic N) is 1. The molecule has 2 aromatic carbocycles. The number of fused-ring (bicyclic) bond motifs is 3. The van der Waals surface area contributed by atoms with Crippen LogP contribution in [-0.4, -0.2) is 22.3 Å². The van der Waals surface area contributed by atoms with Crippen molar-refractivity contribution >= 4 is 16.6 Å². The summed E-state index contributed by atoms with van der Waals surface area (Å²) in [5.74, 6) is 0. The fraction of sp³-hybridized carbons (Fsp3) is 0.391. The number of rotatable bonds is 5. The lowest BCUT2D eigenvalue weighted by atomic mass is 9.95. The van der Waals surface area contributed by atoms with Crippen LogP contribution in [0.25, 0.3) is 10.9 Å². The Morgan fingerprint density at radius 2 is 1.73 bits per heavy atom. The van der Waals surface area contributed by atoms with Crippen molar-refractivity contribution in [3.05, 3.63) is 64.8 Å². The molecule has 0 amide bonds. The second-order valence-electron chi connectivity index (χ2n) is 7.66. The van der Waals surface area contributed by atoms with Gasteiger partial charge in [0.25, 0.3) is 0 Å². The highest BCUT2D eigenvalue weighted by molar-refractivity contribution is 5.86. The van der Waals surface area contributed by atoms with Gasteiger partial charge in [-0.05, 0) is 69.4 Å². The number of aryl methyl sites for hydroxylation is 3. The van der Waals surface area contributed by atoms with Crippen LogP contribution in [0.2, 0.25) is 0 Å². The molecule has 26 heavy (non-hydrogen) atoms. The van der Waals surface area contributed by atoms with Gasteiger partial charge in [0.05, 0.1) is 12.6 Å². The predicted octanol–water partition coefficient (Wildman–Crippen LogP) is 4.61. The minimum Gasteiger partial charge on any atom is -0.389 e. The molecule has 0 radical (unpaired) electrons. The molecule has 0 spiro atoms. The Hall–Kier alpha value is -2.26. The van der Waals surface area contributed by atoms with Crippen LogP contribution in [-0.2, 0) is 19.4 Å². The zero-order valence-corrected chi connectivity index (χ0v) is 15.8. The number of benzene rings is 2. The Bertz CT molecular complexity index is 908. The number of nitrogens with one attached hydrogen (secondary N) is 1. The van der Waals surface area contributed by atoms with Crippen LogP contribution in [0, 0.1) is 13.8 Å². The van der Waals surface area contributed by atoms with Crippen molar-refractivity contribution in [2.24, 2.45) is 0 Å². The van der Waals surface area contributed by atoms with Crippen LogP contribution in [0.1, 0.15) is 35.2 Å². The third-order valence-corrected chi connectivity index (χ3v) is 5.52. The van der Waals surface area contributed by atoms with Gasteiger partial charge in [-0.15, -0.1) is 0 Å². The van der Waals surface area contributed by atoms with Gasteiger partial charge in [0.2, 0.25) is 0 Å². The van der Waals surface area contributed by atoms with Gasteiger partial charge in [0.15, 0.2) is 0 Å². The maximum Gasteiger partial charge on any atom is 0.0891 e. The first-order chi connectivity index (χ1) is 12.6. The van der Waals surface area contributed by atoms with Crippen LogP contribution in [0.4, 0.5) is 5.69 Å². The SMILES string of the molecule is Cc1ccc(NCC(O)Cn2c3c(c4cc(C)ccc42)CCCC3)cc1. The van der Waals surface area contributed by atoms with Gasteiger partial charge in [-0.2, -0.15) is 0 Å². The van der Waals surface area contributed by atoms with E-state index in [9.17, 15) is 5.11 Å². The van der Waals surface area contributed by atoms with Crippen molar-refractivity contribution in [1.82, 2.24) is 4.57 Å². The third kappa shape index (κ3) is 3.36. The summed E-state index contributed by atoms with van der Waals surface area (Å²) in [6.45, 7) is 5.45. The molecule has 0 saturated heterocycles. The van der Waals surface area contributed by atoms with Gasteiger partial charge in [-0.25, -0.2) is 0 Å². The quantitative estimate of drug-likeness (QED) is 0.706. The van der Waals surface area contributed by atoms with E-state index in [4.69, 9.17) is 0 Å². The van der Waals surface area contributed by atoms with Gasteiger partial charge < -0.3 is 15.0 Å². The molecule has 0 aliphatic heterocycles. The summed E-state index contributed by atoms with van der Waals surface area (Å²) in [5, 5.41) is 15.4. The third-order valence-electron chi connectivity index (χ3n) is 5.52. The molecule has 0 saturated carbocycles. The molecule has 0 bridgehead atoms. The van der Waals surface area contributed by atoms with Crippen LogP contribution in [0.5, 0.6) is 0 Å². The zero-order chi connectivity index (χ0) is 18.1. The molecule has 3 aromatic rings. The summed E-state index contributed by atoms with van der Waals surface area (Å²) in [6, 6.07) is 15.0. The number of aliphatic hydroxyl groups is 1. The second kappa shape index (κ2) is 7.16. The smallest absolute Gasteiger partial charge is 0.0891 e. The normalized spacial score (nSPS) is 15.0. The lowest BCUT2D eigenvalue weighted by Crippen LogP contribution is -2.26. The molecule has 1 aliphatic rings. The van der Waals surface area contributed by atoms with E-state index in [2.05, 4.69) is 66.2 Å². The Kier molecular flexibility index (Phi) is 4.73. The van der Waals surface area contributed by atoms with Crippen LogP contribution in [0.3, 0.4) is 0 Å². The molecule has 136 valence electrons. The number of anilines is 1. The molecule has 3 nitrogen and oxygen atoms in total. The lowest BCUT2D eigenvalue weighted by molar-refractivity contribution is 0.167. The number of hydrogen-bond donors (Lipinski definition) is 2. The average molecular weight is 348 g/mol. The summed E-state index contributed by atoms with van der Waals surface area (Å²) in [4.78, 5) is 0. The molecule has 3 heteroatoms. The van der Waals surface area contributed by atoms with Gasteiger partial charge in [0, 0.05) is 28.8 Å². The molecule has 4 rings (SSSR count). The second-order valence-corrected chi connectivity index (χ2v) is 7.66. The molecule has 1 unspecified atom stereocenters. The fourth-order valence-corrected chi connectivity index (χ4v) is 4.14. The molecular formula is C23H28N2O. The maximum atomic E-state index is 10.7. The highest BCUT2D eigenvalue weighted by atomic mass is 16.3. The van der Waals surface area contributed by atoms with Crippen LogP contribution >= 0.6 is 0 Å². The van der Waals surface area contributed by atoms with Crippen LogP contribution < -0.4 is 5.32 Å². The zero-order valence-electron chi connectivity index (χ0n) is 15.8. The topological polar surface area (TPSA) is 37.2 Å². The van der Waals surface area contributed by atoms with E-state index in [0.717, 1.165) is 12.1 Å². The molecular weight excluding hydrogens is 320 g/mol. The summed E-state index contributed by atoms with van der Waals surface area (Å²) < 4.78 is 2.37. The number of aliphatic hydroxyl groups excluding tert-OH is 1. The van der Waals surface area contributed by atoms with E-state index in [1.54, 1.807) is 0 Å². The minimum atomic E-state index is -0.417. The molecule has 1 heterocycles. The van der Waals surface area contributed by atoms with Gasteiger partial charge in [-0.3, -0.25) is 0 Å². The number of aromatic nitrogens is 1. The van der Waals surface area contributed by atoms with Crippen molar-refractivity contribution in [2.75, 3.05) is 11.9 Å². The van der Waals surface area contributed by atoms with Crippen molar-refractivity contribution in [3.63, 3.8) is 0 Å². The summed E-state index contributed by atoms with van der Waals surface area (Å²) in [7, 11) is 0. The van der Waals surface area contributed by atoms with E-state index in [1.807, 2.05) is 0 Å². The van der Waals surface area contributed by atoms with Gasteiger partial charge in [-0.1, -0.05) is 29.3 Å². The summed E-state index contributed by atoms with van der Waals surface area (Å²) >= 11 is 0. The molecule has 1 aromatic heterocycles. The van der Waals surface area contributed by atoms with Crippen molar-refractivity contribution in [3.8, 4) is 0 Å². The Morgan fingerprint density at radius 1 is 1.00 bits per heavy atom. The standard InChI is InChI=1S/C23H28N2O/c1-16-7-10-18(11-8-16)24-14-19(26)15-25-22-6-4-3-5-20(22)21-13-17(2)9-12-23(21)25/h7-13,19,24,26H,3-6,14-15H2,1-2H3. The van der Waals surface area contributed by atoms with E-state index in [0.29, 0.717) is 13.1 Å². The largest absolute Gasteiger partial charge is 0.389 e. The Balaban J connectivity index is 1.55. The predicted molar refractivity (Wildman–Crippen MR) is 109 cm³/mol.